The fourth-order valence-corrected chi connectivity index (χ4v) is 3.36. The second-order valence-electron chi connectivity index (χ2n) is 8.29. The van der Waals surface area contributed by atoms with Gasteiger partial charge < -0.3 is 15.7 Å². The van der Waals surface area contributed by atoms with Gasteiger partial charge in [-0.25, -0.2) is 0 Å². The lowest BCUT2D eigenvalue weighted by molar-refractivity contribution is -0.143. The summed E-state index contributed by atoms with van der Waals surface area (Å²) in [5.41, 5.74) is 2.67. The minimum Gasteiger partial charge on any atom is -0.481 e. The maximum Gasteiger partial charge on any atom is 0.305 e. The first-order chi connectivity index (χ1) is 16.5. The maximum atomic E-state index is 12.9. The first-order valence-corrected chi connectivity index (χ1v) is 11.6. The molecule has 4 N–H and O–H groups in total. The molecule has 2 aromatic carbocycles. The zero-order valence-electron chi connectivity index (χ0n) is 19.7. The molecule has 11 heteroatoms. The smallest absolute Gasteiger partial charge is 0.305 e. The molecule has 2 unspecified atom stereocenters. The molecule has 0 spiro atoms. The van der Waals surface area contributed by atoms with Gasteiger partial charge in [-0.2, -0.15) is 0 Å². The molecule has 2 aromatic rings. The molecule has 188 valence electrons. The number of amides is 4. The molecular weight excluding hydrogens is 476 g/mol. The topological polar surface area (TPSA) is 145 Å². The molecule has 0 saturated heterocycles. The van der Waals surface area contributed by atoms with Gasteiger partial charge in [-0.15, -0.1) is 11.6 Å². The van der Waals surface area contributed by atoms with E-state index in [1.165, 1.54) is 6.92 Å². The van der Waals surface area contributed by atoms with Crippen LogP contribution in [0.1, 0.15) is 37.6 Å². The van der Waals surface area contributed by atoms with E-state index in [4.69, 9.17) is 16.7 Å². The van der Waals surface area contributed by atoms with E-state index in [9.17, 15) is 24.0 Å². The second-order valence-corrected chi connectivity index (χ2v) is 8.55. The Balaban J connectivity index is 2.04. The lowest BCUT2D eigenvalue weighted by atomic mass is 10.0. The Labute approximate surface area is 208 Å². The predicted molar refractivity (Wildman–Crippen MR) is 130 cm³/mol. The van der Waals surface area contributed by atoms with Crippen LogP contribution in [0.15, 0.2) is 42.5 Å². The number of benzene rings is 2. The van der Waals surface area contributed by atoms with Crippen LogP contribution in [0.25, 0.3) is 10.8 Å². The van der Waals surface area contributed by atoms with Crippen molar-refractivity contribution in [3.8, 4) is 0 Å². The number of hydrogen-bond acceptors (Lipinski definition) is 5. The fraction of sp³-hybridized carbons (Fsp3) is 0.375. The number of alkyl halides is 1. The van der Waals surface area contributed by atoms with Gasteiger partial charge in [0, 0.05) is 5.56 Å². The number of carbonyl (C=O) groups excluding carboxylic acids is 4. The van der Waals surface area contributed by atoms with Crippen LogP contribution in [-0.2, 0) is 19.2 Å². The summed E-state index contributed by atoms with van der Waals surface area (Å²) in [4.78, 5) is 60.9. The molecule has 0 aromatic heterocycles. The van der Waals surface area contributed by atoms with Crippen molar-refractivity contribution in [2.24, 2.45) is 5.92 Å². The van der Waals surface area contributed by atoms with E-state index < -0.39 is 54.0 Å². The number of rotatable bonds is 10. The number of carboxylic acid groups (broad SMARTS) is 1. The maximum absolute atomic E-state index is 12.9. The first kappa shape index (κ1) is 27.6. The van der Waals surface area contributed by atoms with Crippen LogP contribution in [0.4, 0.5) is 0 Å². The van der Waals surface area contributed by atoms with Crippen molar-refractivity contribution >= 4 is 52.0 Å². The average Bonchev–Trinajstić information content (AvgIpc) is 2.83. The Bertz CT molecular complexity index is 1110. The molecule has 0 aliphatic heterocycles. The molecular formula is C24H29ClN4O6. The number of aliphatic carboxylic acids is 1. The highest BCUT2D eigenvalue weighted by Crippen LogP contribution is 2.16. The monoisotopic (exact) mass is 504 g/mol. The van der Waals surface area contributed by atoms with Crippen molar-refractivity contribution < 1.29 is 29.1 Å². The minimum absolute atomic E-state index is 0.288. The average molecular weight is 505 g/mol. The van der Waals surface area contributed by atoms with Gasteiger partial charge in [-0.1, -0.05) is 44.2 Å². The van der Waals surface area contributed by atoms with Gasteiger partial charge in [-0.3, -0.25) is 34.4 Å². The molecule has 0 heterocycles. The van der Waals surface area contributed by atoms with Gasteiger partial charge in [0.05, 0.1) is 13.0 Å². The number of nitrogens with zero attached hydrogens (tertiary/aromatic N) is 1. The normalized spacial score (nSPS) is 12.5. The van der Waals surface area contributed by atoms with Crippen LogP contribution in [0.5, 0.6) is 0 Å². The summed E-state index contributed by atoms with van der Waals surface area (Å²) in [6, 6.07) is 10.8. The molecule has 0 radical (unpaired) electrons. The number of nitrogens with one attached hydrogen (secondary N) is 3. The van der Waals surface area contributed by atoms with Crippen molar-refractivity contribution in [1.29, 1.82) is 0 Å². The second kappa shape index (κ2) is 12.7. The number of halogens is 1. The zero-order valence-corrected chi connectivity index (χ0v) is 20.5. The summed E-state index contributed by atoms with van der Waals surface area (Å²) in [5, 5.41) is 16.7. The van der Waals surface area contributed by atoms with Crippen molar-refractivity contribution in [3.05, 3.63) is 48.0 Å². The highest BCUT2D eigenvalue weighted by atomic mass is 35.5. The van der Waals surface area contributed by atoms with Crippen LogP contribution in [-0.4, -0.2) is 64.2 Å². The zero-order chi connectivity index (χ0) is 26.1. The van der Waals surface area contributed by atoms with Gasteiger partial charge in [-0.05, 0) is 35.7 Å². The van der Waals surface area contributed by atoms with Crippen molar-refractivity contribution in [1.82, 2.24) is 21.1 Å². The van der Waals surface area contributed by atoms with E-state index in [1.807, 2.05) is 30.3 Å². The molecule has 2 atom stereocenters. The molecule has 2 rings (SSSR count). The lowest BCUT2D eigenvalue weighted by Gasteiger charge is -2.26. The number of carboxylic acids is 1. The highest BCUT2D eigenvalue weighted by molar-refractivity contribution is 6.27. The quantitative estimate of drug-likeness (QED) is 0.286. The van der Waals surface area contributed by atoms with Crippen LogP contribution in [0.2, 0.25) is 0 Å². The van der Waals surface area contributed by atoms with E-state index >= 15 is 0 Å². The van der Waals surface area contributed by atoms with Crippen molar-refractivity contribution in [2.45, 2.75) is 39.3 Å². The molecule has 35 heavy (non-hydrogen) atoms. The Morgan fingerprint density at radius 2 is 1.60 bits per heavy atom. The summed E-state index contributed by atoms with van der Waals surface area (Å²) in [5.74, 6) is -4.37. The predicted octanol–water partition coefficient (Wildman–Crippen LogP) is 1.67. The molecule has 0 bridgehead atoms. The Morgan fingerprint density at radius 1 is 0.943 bits per heavy atom. The summed E-state index contributed by atoms with van der Waals surface area (Å²) in [6.07, 6.45) is -0.403. The van der Waals surface area contributed by atoms with Crippen LogP contribution in [0, 0.1) is 5.92 Å². The first-order valence-electron chi connectivity index (χ1n) is 11.0. The van der Waals surface area contributed by atoms with Gasteiger partial charge >= 0.3 is 5.97 Å². The van der Waals surface area contributed by atoms with Gasteiger partial charge in [0.15, 0.2) is 0 Å². The summed E-state index contributed by atoms with van der Waals surface area (Å²) in [7, 11) is 0. The number of carbonyl (C=O) groups is 5. The summed E-state index contributed by atoms with van der Waals surface area (Å²) in [6.45, 7) is 4.62. The fourth-order valence-electron chi connectivity index (χ4n) is 3.21. The third-order valence-electron chi connectivity index (χ3n) is 5.21. The van der Waals surface area contributed by atoms with Crippen molar-refractivity contribution in [3.63, 3.8) is 0 Å². The van der Waals surface area contributed by atoms with Crippen molar-refractivity contribution in [2.75, 3.05) is 12.4 Å². The van der Waals surface area contributed by atoms with Crippen LogP contribution >= 0.6 is 11.6 Å². The van der Waals surface area contributed by atoms with E-state index in [1.54, 1.807) is 26.0 Å². The SMILES string of the molecule is CC(NC(=O)C(NC(=O)c1ccc2ccccc2c1)C(C)C)C(=O)NN(CCC(=O)O)C(=O)CCl. The largest absolute Gasteiger partial charge is 0.481 e. The molecule has 0 saturated carbocycles. The minimum atomic E-state index is -1.16. The molecule has 0 fully saturated rings. The molecule has 4 amide bonds. The Hall–Kier alpha value is -3.66. The van der Waals surface area contributed by atoms with Crippen LogP contribution < -0.4 is 16.1 Å². The summed E-state index contributed by atoms with van der Waals surface area (Å²) >= 11 is 5.52. The molecule has 10 nitrogen and oxygen atoms in total. The van der Waals surface area contributed by atoms with E-state index in [-0.39, 0.29) is 12.5 Å². The van der Waals surface area contributed by atoms with Gasteiger partial charge in [0.25, 0.3) is 17.7 Å². The van der Waals surface area contributed by atoms with E-state index in [2.05, 4.69) is 16.1 Å². The van der Waals surface area contributed by atoms with E-state index in [0.717, 1.165) is 15.8 Å². The van der Waals surface area contributed by atoms with E-state index in [0.29, 0.717) is 5.56 Å². The standard InChI is InChI=1S/C24H29ClN4O6/c1-14(2)21(27-23(34)18-9-8-16-6-4-5-7-17(16)12-18)24(35)26-15(3)22(33)28-29(19(30)13-25)11-10-20(31)32/h4-9,12,14-15,21H,10-11,13H2,1-3H3,(H,26,35)(H,27,34)(H,28,33)(H,31,32). The number of fused-ring (bicyclic) bond motifs is 1. The lowest BCUT2D eigenvalue weighted by Crippen LogP contribution is -2.57. The molecule has 0 aliphatic carbocycles. The number of hydrazine groups is 1. The number of hydrogen-bond donors (Lipinski definition) is 4. The Morgan fingerprint density at radius 3 is 2.20 bits per heavy atom. The van der Waals surface area contributed by atoms with Crippen LogP contribution in [0.3, 0.4) is 0 Å². The van der Waals surface area contributed by atoms with Gasteiger partial charge in [0.2, 0.25) is 5.91 Å². The third kappa shape index (κ3) is 7.96. The Kier molecular flexibility index (Phi) is 10.0. The third-order valence-corrected chi connectivity index (χ3v) is 5.44. The highest BCUT2D eigenvalue weighted by Gasteiger charge is 2.28. The summed E-state index contributed by atoms with van der Waals surface area (Å²) < 4.78 is 0. The van der Waals surface area contributed by atoms with Gasteiger partial charge in [0.1, 0.15) is 18.0 Å². The molecule has 0 aliphatic rings.